The molecular formula is C10H19N3. The third kappa shape index (κ3) is 3.61. The van der Waals surface area contributed by atoms with Gasteiger partial charge in [0.2, 0.25) is 0 Å². The molecular weight excluding hydrogens is 162 g/mol. The first kappa shape index (κ1) is 10.3. The summed E-state index contributed by atoms with van der Waals surface area (Å²) in [5.74, 6) is 0. The maximum atomic E-state index is 5.93. The van der Waals surface area contributed by atoms with Gasteiger partial charge in [-0.2, -0.15) is 0 Å². The zero-order valence-corrected chi connectivity index (χ0v) is 8.24. The maximum absolute atomic E-state index is 5.93. The zero-order valence-electron chi connectivity index (χ0n) is 8.24. The van der Waals surface area contributed by atoms with Gasteiger partial charge >= 0.3 is 0 Å². The SMILES string of the molecule is C/C(N)=C/C=CC(N)N1CCCC1. The van der Waals surface area contributed by atoms with Gasteiger partial charge in [0, 0.05) is 5.70 Å². The van der Waals surface area contributed by atoms with E-state index in [4.69, 9.17) is 11.5 Å². The molecule has 0 aromatic heterocycles. The maximum Gasteiger partial charge on any atom is 0.0767 e. The lowest BCUT2D eigenvalue weighted by atomic mass is 10.3. The minimum Gasteiger partial charge on any atom is -0.402 e. The normalized spacial score (nSPS) is 22.8. The molecule has 1 rings (SSSR count). The molecule has 1 unspecified atom stereocenters. The molecule has 1 aliphatic rings. The van der Waals surface area contributed by atoms with E-state index in [1.807, 2.05) is 25.2 Å². The summed E-state index contributed by atoms with van der Waals surface area (Å²) in [4.78, 5) is 2.27. The highest BCUT2D eigenvalue weighted by Gasteiger charge is 2.15. The lowest BCUT2D eigenvalue weighted by Gasteiger charge is -2.19. The van der Waals surface area contributed by atoms with Crippen molar-refractivity contribution in [3.8, 4) is 0 Å². The first-order valence-electron chi connectivity index (χ1n) is 4.80. The van der Waals surface area contributed by atoms with Gasteiger partial charge in [0.25, 0.3) is 0 Å². The lowest BCUT2D eigenvalue weighted by molar-refractivity contribution is 0.289. The molecule has 0 aromatic carbocycles. The minimum absolute atomic E-state index is 0.0538. The Bertz CT molecular complexity index is 198. The van der Waals surface area contributed by atoms with Crippen molar-refractivity contribution >= 4 is 0 Å². The van der Waals surface area contributed by atoms with Crippen molar-refractivity contribution in [3.63, 3.8) is 0 Å². The molecule has 1 atom stereocenters. The molecule has 3 heteroatoms. The molecule has 4 N–H and O–H groups in total. The van der Waals surface area contributed by atoms with E-state index in [0.29, 0.717) is 0 Å². The van der Waals surface area contributed by atoms with Crippen LogP contribution in [-0.4, -0.2) is 24.2 Å². The monoisotopic (exact) mass is 181 g/mol. The van der Waals surface area contributed by atoms with Crippen LogP contribution >= 0.6 is 0 Å². The highest BCUT2D eigenvalue weighted by molar-refractivity contribution is 5.09. The first-order chi connectivity index (χ1) is 6.20. The fraction of sp³-hybridized carbons (Fsp3) is 0.600. The van der Waals surface area contributed by atoms with Gasteiger partial charge in [-0.3, -0.25) is 4.90 Å². The molecule has 0 spiro atoms. The molecule has 0 aromatic rings. The van der Waals surface area contributed by atoms with Crippen LogP contribution in [0, 0.1) is 0 Å². The van der Waals surface area contributed by atoms with Crippen molar-refractivity contribution in [2.24, 2.45) is 11.5 Å². The number of hydrogen-bond donors (Lipinski definition) is 2. The molecule has 0 aliphatic carbocycles. The molecule has 1 heterocycles. The molecule has 0 radical (unpaired) electrons. The van der Waals surface area contributed by atoms with E-state index < -0.39 is 0 Å². The van der Waals surface area contributed by atoms with Crippen LogP contribution in [-0.2, 0) is 0 Å². The molecule has 0 bridgehead atoms. The van der Waals surface area contributed by atoms with Gasteiger partial charge in [0.15, 0.2) is 0 Å². The Kier molecular flexibility index (Phi) is 3.99. The van der Waals surface area contributed by atoms with Gasteiger partial charge in [-0.25, -0.2) is 0 Å². The summed E-state index contributed by atoms with van der Waals surface area (Å²) >= 11 is 0. The zero-order chi connectivity index (χ0) is 9.68. The van der Waals surface area contributed by atoms with Gasteiger partial charge in [-0.1, -0.05) is 12.2 Å². The number of rotatable bonds is 3. The summed E-state index contributed by atoms with van der Waals surface area (Å²) in [6, 6.07) is 0. The van der Waals surface area contributed by atoms with Crippen LogP contribution in [0.15, 0.2) is 23.9 Å². The smallest absolute Gasteiger partial charge is 0.0767 e. The Morgan fingerprint density at radius 3 is 2.54 bits per heavy atom. The lowest BCUT2D eigenvalue weighted by Crippen LogP contribution is -2.38. The van der Waals surface area contributed by atoms with Gasteiger partial charge < -0.3 is 11.5 Å². The quantitative estimate of drug-likeness (QED) is 0.633. The summed E-state index contributed by atoms with van der Waals surface area (Å²) in [7, 11) is 0. The Balaban J connectivity index is 2.35. The second kappa shape index (κ2) is 5.04. The van der Waals surface area contributed by atoms with E-state index >= 15 is 0 Å². The van der Waals surface area contributed by atoms with Crippen LogP contribution in [0.2, 0.25) is 0 Å². The standard InChI is InChI=1S/C10H19N3/c1-9(11)5-4-6-10(12)13-7-2-3-8-13/h4-6,10H,2-3,7-8,11-12H2,1H3/b6-4?,9-5-. The van der Waals surface area contributed by atoms with Gasteiger partial charge in [0.05, 0.1) is 6.17 Å². The second-order valence-corrected chi connectivity index (χ2v) is 3.53. The van der Waals surface area contributed by atoms with Crippen molar-refractivity contribution in [3.05, 3.63) is 23.9 Å². The minimum atomic E-state index is 0.0538. The second-order valence-electron chi connectivity index (χ2n) is 3.53. The summed E-state index contributed by atoms with van der Waals surface area (Å²) in [6.45, 7) is 4.11. The van der Waals surface area contributed by atoms with Crippen molar-refractivity contribution in [1.82, 2.24) is 4.90 Å². The fourth-order valence-electron chi connectivity index (χ4n) is 1.48. The first-order valence-corrected chi connectivity index (χ1v) is 4.80. The van der Waals surface area contributed by atoms with Crippen molar-refractivity contribution in [1.29, 1.82) is 0 Å². The van der Waals surface area contributed by atoms with Crippen LogP contribution < -0.4 is 11.5 Å². The summed E-state index contributed by atoms with van der Waals surface area (Å²) < 4.78 is 0. The summed E-state index contributed by atoms with van der Waals surface area (Å²) in [6.07, 6.45) is 8.38. The molecule has 0 saturated carbocycles. The Morgan fingerprint density at radius 1 is 1.38 bits per heavy atom. The topological polar surface area (TPSA) is 55.3 Å². The fourth-order valence-corrected chi connectivity index (χ4v) is 1.48. The van der Waals surface area contributed by atoms with E-state index in [1.54, 1.807) is 0 Å². The number of nitrogens with zero attached hydrogens (tertiary/aromatic N) is 1. The molecule has 74 valence electrons. The Labute approximate surface area is 80.1 Å². The number of likely N-dealkylation sites (tertiary alicyclic amines) is 1. The highest BCUT2D eigenvalue weighted by Crippen LogP contribution is 2.09. The molecule has 13 heavy (non-hydrogen) atoms. The number of hydrogen-bond acceptors (Lipinski definition) is 3. The average molecular weight is 181 g/mol. The number of allylic oxidation sites excluding steroid dienone is 3. The van der Waals surface area contributed by atoms with Gasteiger partial charge in [-0.05, 0) is 38.9 Å². The molecule has 1 saturated heterocycles. The van der Waals surface area contributed by atoms with Crippen LogP contribution in [0.1, 0.15) is 19.8 Å². The van der Waals surface area contributed by atoms with E-state index in [2.05, 4.69) is 4.90 Å². The molecule has 0 amide bonds. The van der Waals surface area contributed by atoms with Crippen LogP contribution in [0.4, 0.5) is 0 Å². The van der Waals surface area contributed by atoms with Crippen LogP contribution in [0.3, 0.4) is 0 Å². The molecule has 3 nitrogen and oxygen atoms in total. The average Bonchev–Trinajstić information content (AvgIpc) is 2.55. The Hall–Kier alpha value is -0.800. The molecule has 1 aliphatic heterocycles. The molecule has 1 fully saturated rings. The van der Waals surface area contributed by atoms with E-state index in [1.165, 1.54) is 12.8 Å². The van der Waals surface area contributed by atoms with E-state index in [9.17, 15) is 0 Å². The van der Waals surface area contributed by atoms with Crippen molar-refractivity contribution in [2.75, 3.05) is 13.1 Å². The van der Waals surface area contributed by atoms with E-state index in [-0.39, 0.29) is 6.17 Å². The third-order valence-corrected chi connectivity index (χ3v) is 2.23. The van der Waals surface area contributed by atoms with Crippen LogP contribution in [0.25, 0.3) is 0 Å². The largest absolute Gasteiger partial charge is 0.402 e. The van der Waals surface area contributed by atoms with E-state index in [0.717, 1.165) is 18.8 Å². The number of nitrogens with two attached hydrogens (primary N) is 2. The highest BCUT2D eigenvalue weighted by atomic mass is 15.2. The predicted molar refractivity (Wildman–Crippen MR) is 55.9 cm³/mol. The predicted octanol–water partition coefficient (Wildman–Crippen LogP) is 0.786. The van der Waals surface area contributed by atoms with Crippen molar-refractivity contribution < 1.29 is 0 Å². The van der Waals surface area contributed by atoms with Crippen molar-refractivity contribution in [2.45, 2.75) is 25.9 Å². The summed E-state index contributed by atoms with van der Waals surface area (Å²) in [5, 5.41) is 0. The van der Waals surface area contributed by atoms with Gasteiger partial charge in [-0.15, -0.1) is 0 Å². The third-order valence-electron chi connectivity index (χ3n) is 2.23. The summed E-state index contributed by atoms with van der Waals surface area (Å²) in [5.41, 5.74) is 12.2. The van der Waals surface area contributed by atoms with Gasteiger partial charge in [0.1, 0.15) is 0 Å². The van der Waals surface area contributed by atoms with Crippen LogP contribution in [0.5, 0.6) is 0 Å². The Morgan fingerprint density at radius 2 is 2.00 bits per heavy atom.